The molecule has 3 N–H and O–H groups in total. The first kappa shape index (κ1) is 20.3. The van der Waals surface area contributed by atoms with E-state index in [9.17, 15) is 19.5 Å². The van der Waals surface area contributed by atoms with Crippen LogP contribution in [0.25, 0.3) is 0 Å². The molecule has 1 aromatic carbocycles. The van der Waals surface area contributed by atoms with Crippen molar-refractivity contribution in [1.82, 2.24) is 10.2 Å². The highest BCUT2D eigenvalue weighted by molar-refractivity contribution is 6.32. The summed E-state index contributed by atoms with van der Waals surface area (Å²) in [4.78, 5) is 41.0. The van der Waals surface area contributed by atoms with Crippen LogP contribution < -0.4 is 10.6 Å². The van der Waals surface area contributed by atoms with Crippen LogP contribution in [0.4, 0.5) is 5.69 Å². The number of anilines is 1. The molecule has 2 fully saturated rings. The lowest BCUT2D eigenvalue weighted by Crippen LogP contribution is -2.54. The molecule has 2 saturated heterocycles. The average molecular weight is 422 g/mol. The summed E-state index contributed by atoms with van der Waals surface area (Å²) < 4.78 is 5.03. The van der Waals surface area contributed by atoms with Gasteiger partial charge in [-0.2, -0.15) is 0 Å². The molecule has 0 bridgehead atoms. The van der Waals surface area contributed by atoms with Gasteiger partial charge in [0.15, 0.2) is 0 Å². The van der Waals surface area contributed by atoms with Gasteiger partial charge in [-0.1, -0.05) is 17.7 Å². The second kappa shape index (κ2) is 7.05. The van der Waals surface area contributed by atoms with Crippen molar-refractivity contribution in [2.75, 3.05) is 25.6 Å². The fourth-order valence-corrected chi connectivity index (χ4v) is 5.14. The van der Waals surface area contributed by atoms with E-state index in [0.29, 0.717) is 34.9 Å². The Bertz CT molecular complexity index is 904. The van der Waals surface area contributed by atoms with Crippen molar-refractivity contribution >= 4 is 35.0 Å². The first-order valence-corrected chi connectivity index (χ1v) is 10.0. The van der Waals surface area contributed by atoms with Gasteiger partial charge < -0.3 is 15.2 Å². The van der Waals surface area contributed by atoms with E-state index >= 15 is 0 Å². The lowest BCUT2D eigenvalue weighted by atomic mass is 9.76. The molecule has 156 valence electrons. The molecular weight excluding hydrogens is 398 g/mol. The fraction of sp³-hybridized carbons (Fsp3) is 0.550. The van der Waals surface area contributed by atoms with E-state index in [0.717, 1.165) is 0 Å². The van der Waals surface area contributed by atoms with Crippen LogP contribution in [0.15, 0.2) is 12.1 Å². The molecule has 0 aliphatic carbocycles. The Morgan fingerprint density at radius 3 is 2.69 bits per heavy atom. The van der Waals surface area contributed by atoms with Crippen LogP contribution in [-0.4, -0.2) is 60.1 Å². The molecule has 5 atom stereocenters. The van der Waals surface area contributed by atoms with Crippen LogP contribution in [0, 0.1) is 18.8 Å². The Morgan fingerprint density at radius 1 is 1.31 bits per heavy atom. The summed E-state index contributed by atoms with van der Waals surface area (Å²) in [6.45, 7) is 3.98. The molecule has 5 unspecified atom stereocenters. The van der Waals surface area contributed by atoms with Crippen molar-refractivity contribution in [3.05, 3.63) is 28.3 Å². The summed E-state index contributed by atoms with van der Waals surface area (Å²) in [6.07, 6.45) is -0.423. The third-order valence-electron chi connectivity index (χ3n) is 6.36. The van der Waals surface area contributed by atoms with E-state index in [2.05, 4.69) is 10.6 Å². The number of nitrogens with one attached hydrogen (secondary N) is 2. The maximum Gasteiger partial charge on any atom is 0.250 e. The number of carbonyl (C=O) groups excluding carboxylic acids is 3. The predicted molar refractivity (Wildman–Crippen MR) is 105 cm³/mol. The summed E-state index contributed by atoms with van der Waals surface area (Å²) in [5, 5.41) is 16.9. The third-order valence-corrected chi connectivity index (χ3v) is 6.77. The molecule has 3 aliphatic rings. The highest BCUT2D eigenvalue weighted by Gasteiger charge is 2.71. The quantitative estimate of drug-likeness (QED) is 0.479. The molecule has 3 heterocycles. The first-order valence-electron chi connectivity index (χ1n) is 9.66. The van der Waals surface area contributed by atoms with Crippen molar-refractivity contribution in [2.45, 2.75) is 38.0 Å². The number of aliphatic hydroxyl groups excluding tert-OH is 1. The zero-order valence-corrected chi connectivity index (χ0v) is 17.2. The maximum absolute atomic E-state index is 13.4. The van der Waals surface area contributed by atoms with E-state index in [-0.39, 0.29) is 12.5 Å². The van der Waals surface area contributed by atoms with Gasteiger partial charge in [-0.05, 0) is 31.9 Å². The number of nitrogens with zero attached hydrogens (tertiary/aromatic N) is 1. The molecule has 1 aromatic rings. The van der Waals surface area contributed by atoms with Crippen LogP contribution in [0.3, 0.4) is 0 Å². The van der Waals surface area contributed by atoms with Gasteiger partial charge >= 0.3 is 0 Å². The Kier molecular flexibility index (Phi) is 4.93. The van der Waals surface area contributed by atoms with Gasteiger partial charge in [0.1, 0.15) is 5.54 Å². The number of methoxy groups -OCH3 is 1. The normalized spacial score (nSPS) is 31.4. The number of hydrogen-bond acceptors (Lipinski definition) is 6. The highest BCUT2D eigenvalue weighted by atomic mass is 35.5. The number of benzene rings is 1. The molecule has 29 heavy (non-hydrogen) atoms. The summed E-state index contributed by atoms with van der Waals surface area (Å²) in [5.74, 6) is -2.92. The summed E-state index contributed by atoms with van der Waals surface area (Å²) >= 11 is 6.22. The number of imide groups is 1. The molecular formula is C20H24ClN3O5. The van der Waals surface area contributed by atoms with E-state index in [4.69, 9.17) is 16.3 Å². The van der Waals surface area contributed by atoms with Gasteiger partial charge in [0, 0.05) is 36.9 Å². The molecule has 9 heteroatoms. The zero-order valence-electron chi connectivity index (χ0n) is 16.5. The van der Waals surface area contributed by atoms with Crippen LogP contribution in [0.2, 0.25) is 5.02 Å². The van der Waals surface area contributed by atoms with Crippen molar-refractivity contribution < 1.29 is 24.2 Å². The largest absolute Gasteiger partial charge is 0.392 e. The van der Waals surface area contributed by atoms with E-state index in [1.54, 1.807) is 33.1 Å². The van der Waals surface area contributed by atoms with Crippen LogP contribution >= 0.6 is 11.6 Å². The number of aliphatic hydroxyl groups is 1. The van der Waals surface area contributed by atoms with Gasteiger partial charge in [-0.25, -0.2) is 0 Å². The smallest absolute Gasteiger partial charge is 0.250 e. The second-order valence-corrected chi connectivity index (χ2v) is 8.35. The van der Waals surface area contributed by atoms with Gasteiger partial charge in [0.2, 0.25) is 17.7 Å². The molecule has 1 spiro atoms. The highest BCUT2D eigenvalue weighted by Crippen LogP contribution is 2.54. The van der Waals surface area contributed by atoms with E-state index < -0.39 is 41.3 Å². The molecule has 4 rings (SSSR count). The number of likely N-dealkylation sites (tertiary alicyclic amines) is 1. The number of halogens is 1. The van der Waals surface area contributed by atoms with Crippen LogP contribution in [0.5, 0.6) is 0 Å². The van der Waals surface area contributed by atoms with Gasteiger partial charge in [0.25, 0.3) is 0 Å². The van der Waals surface area contributed by atoms with Crippen molar-refractivity contribution in [3.8, 4) is 0 Å². The fourth-order valence-electron chi connectivity index (χ4n) is 4.98. The Hall–Kier alpha value is -2.00. The molecule has 3 amide bonds. The Balaban J connectivity index is 1.83. The monoisotopic (exact) mass is 421 g/mol. The second-order valence-electron chi connectivity index (χ2n) is 7.95. The van der Waals surface area contributed by atoms with Crippen LogP contribution in [-0.2, 0) is 24.7 Å². The van der Waals surface area contributed by atoms with E-state index in [1.165, 1.54) is 4.90 Å². The molecule has 3 aliphatic heterocycles. The predicted octanol–water partition coefficient (Wildman–Crippen LogP) is 0.786. The minimum atomic E-state index is -1.42. The van der Waals surface area contributed by atoms with Gasteiger partial charge in [-0.15, -0.1) is 0 Å². The maximum atomic E-state index is 13.4. The van der Waals surface area contributed by atoms with Crippen molar-refractivity contribution in [1.29, 1.82) is 0 Å². The van der Waals surface area contributed by atoms with Crippen molar-refractivity contribution in [2.24, 2.45) is 11.8 Å². The minimum absolute atomic E-state index is 0.217. The van der Waals surface area contributed by atoms with Crippen molar-refractivity contribution in [3.63, 3.8) is 0 Å². The number of amides is 3. The first-order chi connectivity index (χ1) is 13.8. The number of carbonyl (C=O) groups is 3. The summed E-state index contributed by atoms with van der Waals surface area (Å²) in [5.41, 5.74) is 0.419. The molecule has 8 nitrogen and oxygen atoms in total. The SMILES string of the molecule is COCCCN1C(=O)C2C(C(C)O)NC3(C(=O)Nc4c3ccc(Cl)c4C)C2C1=O. The molecule has 0 radical (unpaired) electrons. The minimum Gasteiger partial charge on any atom is -0.392 e. The number of hydrogen-bond donors (Lipinski definition) is 3. The topological polar surface area (TPSA) is 108 Å². The summed E-state index contributed by atoms with van der Waals surface area (Å²) in [6, 6.07) is 2.67. The lowest BCUT2D eigenvalue weighted by Gasteiger charge is -2.30. The van der Waals surface area contributed by atoms with Gasteiger partial charge in [0.05, 0.1) is 23.6 Å². The van der Waals surface area contributed by atoms with E-state index in [1.807, 2.05) is 0 Å². The Labute approximate surface area is 173 Å². The third kappa shape index (κ3) is 2.66. The van der Waals surface area contributed by atoms with Gasteiger partial charge in [-0.3, -0.25) is 24.6 Å². The number of fused-ring (bicyclic) bond motifs is 4. The number of ether oxygens (including phenoxy) is 1. The zero-order chi connectivity index (χ0) is 21.1. The standard InChI is InChI=1S/C20H24ClN3O5/c1-9-12(21)6-5-11-15(9)22-19(28)20(11)14-13(16(23-20)10(2)25)17(26)24(18(14)27)7-4-8-29-3/h5-6,10,13-14,16,23,25H,4,7-8H2,1-3H3,(H,22,28). The summed E-state index contributed by atoms with van der Waals surface area (Å²) in [7, 11) is 1.55. The van der Waals surface area contributed by atoms with Crippen LogP contribution in [0.1, 0.15) is 24.5 Å². The Morgan fingerprint density at radius 2 is 2.03 bits per heavy atom. The molecule has 0 saturated carbocycles. The molecule has 0 aromatic heterocycles. The number of rotatable bonds is 5. The lowest BCUT2D eigenvalue weighted by molar-refractivity contribution is -0.143. The average Bonchev–Trinajstić information content (AvgIpc) is 3.26.